The summed E-state index contributed by atoms with van der Waals surface area (Å²) in [5.74, 6) is 1.69. The molecule has 0 bridgehead atoms. The number of rotatable bonds is 6. The lowest BCUT2D eigenvalue weighted by atomic mass is 9.96. The minimum absolute atomic E-state index is 0.0854. The predicted octanol–water partition coefficient (Wildman–Crippen LogP) is 0.745. The van der Waals surface area contributed by atoms with E-state index in [2.05, 4.69) is 15.5 Å². The molecule has 1 aliphatic carbocycles. The van der Waals surface area contributed by atoms with Crippen LogP contribution in [0.4, 0.5) is 0 Å². The first kappa shape index (κ1) is 17.2. The molecule has 2 amide bonds. The van der Waals surface area contributed by atoms with E-state index in [4.69, 9.17) is 5.73 Å². The van der Waals surface area contributed by atoms with E-state index in [1.165, 1.54) is 12.8 Å². The first-order valence-electron chi connectivity index (χ1n) is 8.56. The molecule has 1 saturated carbocycles. The summed E-state index contributed by atoms with van der Waals surface area (Å²) >= 11 is 1.55. The van der Waals surface area contributed by atoms with Gasteiger partial charge in [-0.1, -0.05) is 12.8 Å². The molecule has 0 spiro atoms. The molecule has 132 valence electrons. The summed E-state index contributed by atoms with van der Waals surface area (Å²) in [5, 5.41) is 12.0. The minimum atomic E-state index is -0.254. The number of nitrogens with two attached hydrogens (primary N) is 1. The van der Waals surface area contributed by atoms with Crippen LogP contribution in [0.1, 0.15) is 50.4 Å². The molecular formula is C15H24N6O2S. The predicted molar refractivity (Wildman–Crippen MR) is 90.0 cm³/mol. The Morgan fingerprint density at radius 2 is 1.88 bits per heavy atom. The lowest BCUT2D eigenvalue weighted by molar-refractivity contribution is -0.132. The van der Waals surface area contributed by atoms with Gasteiger partial charge in [-0.25, -0.2) is 4.68 Å². The van der Waals surface area contributed by atoms with Gasteiger partial charge in [0.25, 0.3) is 0 Å². The van der Waals surface area contributed by atoms with Gasteiger partial charge in [-0.3, -0.25) is 9.59 Å². The van der Waals surface area contributed by atoms with Crippen molar-refractivity contribution in [2.45, 2.75) is 50.3 Å². The van der Waals surface area contributed by atoms with Crippen molar-refractivity contribution in [2.75, 3.05) is 18.8 Å². The summed E-state index contributed by atoms with van der Waals surface area (Å²) in [6.07, 6.45) is 6.08. The smallest absolute Gasteiger partial charge is 0.232 e. The SMILES string of the molecule is NC(=O)C1CCN(C(=O)CSCc2nnnn2C2CCCC2)CC1. The molecule has 2 heterocycles. The Kier molecular flexibility index (Phi) is 5.70. The molecule has 1 aromatic heterocycles. The molecule has 1 saturated heterocycles. The van der Waals surface area contributed by atoms with Gasteiger partial charge in [0.2, 0.25) is 11.8 Å². The van der Waals surface area contributed by atoms with Crippen molar-refractivity contribution in [3.8, 4) is 0 Å². The molecule has 0 unspecified atom stereocenters. The summed E-state index contributed by atoms with van der Waals surface area (Å²) in [5.41, 5.74) is 5.32. The number of hydrogen-bond acceptors (Lipinski definition) is 6. The molecule has 24 heavy (non-hydrogen) atoms. The molecule has 1 aliphatic heterocycles. The number of carbonyl (C=O) groups excluding carboxylic acids is 2. The molecule has 9 heteroatoms. The number of likely N-dealkylation sites (tertiary alicyclic amines) is 1. The number of aromatic nitrogens is 4. The Hall–Kier alpha value is -1.64. The quantitative estimate of drug-likeness (QED) is 0.809. The Balaban J connectivity index is 1.43. The second-order valence-corrected chi connectivity index (χ2v) is 7.51. The fraction of sp³-hybridized carbons (Fsp3) is 0.800. The van der Waals surface area contributed by atoms with Crippen molar-refractivity contribution < 1.29 is 9.59 Å². The van der Waals surface area contributed by atoms with Crippen molar-refractivity contribution in [1.29, 1.82) is 0 Å². The summed E-state index contributed by atoms with van der Waals surface area (Å²) in [6, 6.07) is 0.416. The van der Waals surface area contributed by atoms with Crippen molar-refractivity contribution in [3.05, 3.63) is 5.82 Å². The molecule has 2 N–H and O–H groups in total. The number of carbonyl (C=O) groups is 2. The third-order valence-corrected chi connectivity index (χ3v) is 5.85. The van der Waals surface area contributed by atoms with Crippen LogP contribution in [0.15, 0.2) is 0 Å². The molecule has 2 fully saturated rings. The third-order valence-electron chi connectivity index (χ3n) is 4.94. The summed E-state index contributed by atoms with van der Waals surface area (Å²) in [7, 11) is 0. The fourth-order valence-electron chi connectivity index (χ4n) is 3.47. The monoisotopic (exact) mass is 352 g/mol. The highest BCUT2D eigenvalue weighted by Crippen LogP contribution is 2.29. The first-order chi connectivity index (χ1) is 11.6. The normalized spacial score (nSPS) is 19.8. The zero-order chi connectivity index (χ0) is 16.9. The van der Waals surface area contributed by atoms with Crippen LogP contribution in [0, 0.1) is 5.92 Å². The van der Waals surface area contributed by atoms with Gasteiger partial charge in [0, 0.05) is 19.0 Å². The van der Waals surface area contributed by atoms with Gasteiger partial charge in [0.15, 0.2) is 5.82 Å². The Morgan fingerprint density at radius 3 is 2.54 bits per heavy atom. The largest absolute Gasteiger partial charge is 0.369 e. The number of thioether (sulfide) groups is 1. The van der Waals surface area contributed by atoms with Crippen LogP contribution in [0.5, 0.6) is 0 Å². The van der Waals surface area contributed by atoms with Gasteiger partial charge in [-0.05, 0) is 36.1 Å². The van der Waals surface area contributed by atoms with E-state index in [1.807, 2.05) is 9.58 Å². The zero-order valence-corrected chi connectivity index (χ0v) is 14.6. The minimum Gasteiger partial charge on any atom is -0.369 e. The van der Waals surface area contributed by atoms with Gasteiger partial charge in [-0.15, -0.1) is 16.9 Å². The average Bonchev–Trinajstić information content (AvgIpc) is 3.25. The second kappa shape index (κ2) is 7.96. The van der Waals surface area contributed by atoms with Gasteiger partial charge in [0.05, 0.1) is 17.5 Å². The van der Waals surface area contributed by atoms with Crippen LogP contribution in [0.3, 0.4) is 0 Å². The van der Waals surface area contributed by atoms with Gasteiger partial charge in [-0.2, -0.15) is 0 Å². The maximum absolute atomic E-state index is 12.3. The molecule has 8 nitrogen and oxygen atoms in total. The van der Waals surface area contributed by atoms with E-state index >= 15 is 0 Å². The summed E-state index contributed by atoms with van der Waals surface area (Å²) in [4.78, 5) is 25.3. The summed E-state index contributed by atoms with van der Waals surface area (Å²) in [6.45, 7) is 1.24. The lowest BCUT2D eigenvalue weighted by Gasteiger charge is -2.30. The van der Waals surface area contributed by atoms with Crippen molar-refractivity contribution in [1.82, 2.24) is 25.1 Å². The molecule has 0 radical (unpaired) electrons. The van der Waals surface area contributed by atoms with Crippen molar-refractivity contribution >= 4 is 23.6 Å². The Labute approximate surface area is 145 Å². The average molecular weight is 352 g/mol. The van der Waals surface area contributed by atoms with Gasteiger partial charge < -0.3 is 10.6 Å². The topological polar surface area (TPSA) is 107 Å². The lowest BCUT2D eigenvalue weighted by Crippen LogP contribution is -2.42. The highest BCUT2D eigenvalue weighted by Gasteiger charge is 2.26. The molecule has 0 aromatic carbocycles. The van der Waals surface area contributed by atoms with Crippen molar-refractivity contribution in [3.63, 3.8) is 0 Å². The van der Waals surface area contributed by atoms with Crippen LogP contribution in [0.2, 0.25) is 0 Å². The number of piperidine rings is 1. The van der Waals surface area contributed by atoms with Crippen LogP contribution < -0.4 is 5.73 Å². The van der Waals surface area contributed by atoms with E-state index in [9.17, 15) is 9.59 Å². The fourth-order valence-corrected chi connectivity index (χ4v) is 4.31. The standard InChI is InChI=1S/C15H24N6O2S/c16-15(23)11-5-7-20(8-6-11)14(22)10-24-9-13-17-18-19-21(13)12-3-1-2-4-12/h11-12H,1-10H2,(H2,16,23). The van der Waals surface area contributed by atoms with E-state index in [0.717, 1.165) is 18.7 Å². The van der Waals surface area contributed by atoms with Crippen LogP contribution in [0.25, 0.3) is 0 Å². The maximum atomic E-state index is 12.3. The van der Waals surface area contributed by atoms with E-state index in [1.54, 1.807) is 11.8 Å². The Morgan fingerprint density at radius 1 is 1.17 bits per heavy atom. The molecule has 2 aliphatic rings. The number of hydrogen-bond donors (Lipinski definition) is 1. The van der Waals surface area contributed by atoms with Crippen LogP contribution in [-0.4, -0.2) is 55.8 Å². The highest BCUT2D eigenvalue weighted by atomic mass is 32.2. The zero-order valence-electron chi connectivity index (χ0n) is 13.8. The van der Waals surface area contributed by atoms with E-state index in [-0.39, 0.29) is 17.7 Å². The third kappa shape index (κ3) is 4.06. The van der Waals surface area contributed by atoms with E-state index in [0.29, 0.717) is 43.5 Å². The highest BCUT2D eigenvalue weighted by molar-refractivity contribution is 7.99. The van der Waals surface area contributed by atoms with Gasteiger partial charge in [0.1, 0.15) is 0 Å². The number of amides is 2. The Bertz CT molecular complexity index is 578. The molecule has 1 aromatic rings. The number of tetrazole rings is 1. The maximum Gasteiger partial charge on any atom is 0.232 e. The molecule has 0 atom stereocenters. The van der Waals surface area contributed by atoms with Gasteiger partial charge >= 0.3 is 0 Å². The molecular weight excluding hydrogens is 328 g/mol. The van der Waals surface area contributed by atoms with Crippen molar-refractivity contribution in [2.24, 2.45) is 11.7 Å². The summed E-state index contributed by atoms with van der Waals surface area (Å²) < 4.78 is 1.93. The van der Waals surface area contributed by atoms with Crippen LogP contribution in [-0.2, 0) is 15.3 Å². The first-order valence-corrected chi connectivity index (χ1v) is 9.72. The second-order valence-electron chi connectivity index (χ2n) is 6.53. The van der Waals surface area contributed by atoms with Crippen LogP contribution >= 0.6 is 11.8 Å². The number of primary amides is 1. The number of nitrogens with zero attached hydrogens (tertiary/aromatic N) is 5. The van der Waals surface area contributed by atoms with E-state index < -0.39 is 0 Å². The molecule has 3 rings (SSSR count).